The number of rotatable bonds is 15. The van der Waals surface area contributed by atoms with Gasteiger partial charge in [-0.2, -0.15) is 0 Å². The summed E-state index contributed by atoms with van der Waals surface area (Å²) < 4.78 is 39.3. The van der Waals surface area contributed by atoms with E-state index in [4.69, 9.17) is 9.91 Å². The number of carbonyl (C=O) groups is 3. The van der Waals surface area contributed by atoms with E-state index < -0.39 is 36.0 Å². The van der Waals surface area contributed by atoms with Gasteiger partial charge in [-0.3, -0.25) is 14.4 Å². The van der Waals surface area contributed by atoms with Crippen molar-refractivity contribution in [3.8, 4) is 0 Å². The minimum atomic E-state index is -2.99. The number of carbonyl (C=O) groups excluding carboxylic acids is 3. The van der Waals surface area contributed by atoms with E-state index in [2.05, 4.69) is 46.1 Å². The van der Waals surface area contributed by atoms with Crippen molar-refractivity contribution < 1.29 is 24.3 Å². The van der Waals surface area contributed by atoms with E-state index in [0.717, 1.165) is 25.7 Å². The van der Waals surface area contributed by atoms with Crippen molar-refractivity contribution in [3.05, 3.63) is 0 Å². The molecule has 34 heavy (non-hydrogen) atoms. The van der Waals surface area contributed by atoms with Crippen LogP contribution in [0.3, 0.4) is 0 Å². The Morgan fingerprint density at radius 2 is 1.82 bits per heavy atom. The molecule has 1 aliphatic heterocycles. The lowest BCUT2D eigenvalue weighted by Crippen LogP contribution is -2.44. The third-order valence-electron chi connectivity index (χ3n) is 6.20. The Morgan fingerprint density at radius 3 is 2.38 bits per heavy atom. The first-order chi connectivity index (χ1) is 17.3. The second-order valence-corrected chi connectivity index (χ2v) is 19.1. The average Bonchev–Trinajstić information content (AvgIpc) is 2.80. The maximum atomic E-state index is 13.8. The zero-order valence-corrected chi connectivity index (χ0v) is 25.5. The maximum absolute atomic E-state index is 13.8. The van der Waals surface area contributed by atoms with Crippen LogP contribution in [0.15, 0.2) is 0 Å². The van der Waals surface area contributed by atoms with Crippen LogP contribution in [0.4, 0.5) is 0 Å². The predicted octanol–water partition coefficient (Wildman–Crippen LogP) is 6.66. The van der Waals surface area contributed by atoms with Crippen molar-refractivity contribution in [2.24, 2.45) is 0 Å². The molecule has 0 bridgehead atoms. The summed E-state index contributed by atoms with van der Waals surface area (Å²) in [5.74, 6) is 0.365. The third kappa shape index (κ3) is 11.4. The van der Waals surface area contributed by atoms with Gasteiger partial charge in [0.25, 0.3) is 0 Å². The molecule has 5 nitrogen and oxygen atoms in total. The smallest absolute Gasteiger partial charge is 0.216 e. The Bertz CT molecular complexity index is 819. The van der Waals surface area contributed by atoms with E-state index in [1.54, 1.807) is 0 Å². The third-order valence-corrected chi connectivity index (χ3v) is 14.9. The molecular formula is C25H47NO4S3Si. The van der Waals surface area contributed by atoms with Crippen molar-refractivity contribution in [2.45, 2.75) is 114 Å². The summed E-state index contributed by atoms with van der Waals surface area (Å²) in [6, 6.07) is 0. The van der Waals surface area contributed by atoms with Gasteiger partial charge in [0.15, 0.2) is 19.2 Å². The fourth-order valence-electron chi connectivity index (χ4n) is 3.31. The highest BCUT2D eigenvalue weighted by atomic mass is 32.2. The molecule has 1 amide bonds. The van der Waals surface area contributed by atoms with Crippen molar-refractivity contribution in [1.82, 2.24) is 5.32 Å². The molecule has 1 heterocycles. The fourth-order valence-corrected chi connectivity index (χ4v) is 8.44. The summed E-state index contributed by atoms with van der Waals surface area (Å²) in [6.07, 6.45) is -1.30. The number of hydrogen-bond donors (Lipinski definition) is 1. The molecule has 0 aliphatic carbocycles. The predicted molar refractivity (Wildman–Crippen MR) is 153 cm³/mol. The van der Waals surface area contributed by atoms with Gasteiger partial charge in [-0.25, -0.2) is 0 Å². The van der Waals surface area contributed by atoms with E-state index in [1.807, 2.05) is 0 Å². The average molecular weight is 554 g/mol. The van der Waals surface area contributed by atoms with Crippen LogP contribution in [0.1, 0.15) is 91.4 Å². The zero-order chi connectivity index (χ0) is 29.4. The Balaban J connectivity index is 3.02. The van der Waals surface area contributed by atoms with Crippen LogP contribution in [0.25, 0.3) is 0 Å². The maximum Gasteiger partial charge on any atom is 0.216 e. The summed E-state index contributed by atoms with van der Waals surface area (Å²) in [4.78, 5) is 37.5. The molecule has 1 rings (SSSR count). The van der Waals surface area contributed by atoms with Gasteiger partial charge >= 0.3 is 0 Å². The molecule has 0 saturated carbocycles. The number of Topliss-reactive ketones (excluding diaryl/α,β-unsaturated/α-hetero) is 1. The molecule has 0 aromatic heterocycles. The number of thioether (sulfide) groups is 3. The van der Waals surface area contributed by atoms with Crippen molar-refractivity contribution in [2.75, 3.05) is 23.8 Å². The highest BCUT2D eigenvalue weighted by Crippen LogP contribution is 2.48. The Hall–Kier alpha value is 0.0369. The van der Waals surface area contributed by atoms with Crippen LogP contribution in [-0.2, 0) is 18.8 Å². The standard InChI is InChI=1S/C25H47NO4S3Si/c1-8-11-21(30-34(6,7)24(3,4)5)12-9-15-25(32-17-10-18-33-25)22(28)13-14-23(29)31-19-16-26-20(2)27/h21H,8-19H2,1-7H3,(H,26,27)/i13D2,14D2. The first-order valence-corrected chi connectivity index (χ1v) is 18.1. The van der Waals surface area contributed by atoms with Crippen molar-refractivity contribution >= 4 is 60.4 Å². The van der Waals surface area contributed by atoms with E-state index in [0.29, 0.717) is 36.1 Å². The second-order valence-electron chi connectivity index (χ2n) is 10.2. The van der Waals surface area contributed by atoms with Gasteiger partial charge in [-0.1, -0.05) is 45.9 Å². The minimum absolute atomic E-state index is 0.0661. The number of nitrogens with one attached hydrogen (secondary N) is 1. The van der Waals surface area contributed by atoms with Crippen LogP contribution in [0.2, 0.25) is 18.1 Å². The van der Waals surface area contributed by atoms with Crippen LogP contribution < -0.4 is 5.32 Å². The van der Waals surface area contributed by atoms with Gasteiger partial charge in [0.1, 0.15) is 4.08 Å². The quantitative estimate of drug-likeness (QED) is 0.180. The van der Waals surface area contributed by atoms with E-state index in [9.17, 15) is 14.4 Å². The van der Waals surface area contributed by atoms with Crippen LogP contribution in [-0.4, -0.2) is 59.1 Å². The number of amides is 1. The topological polar surface area (TPSA) is 72.5 Å². The van der Waals surface area contributed by atoms with E-state index in [-0.39, 0.29) is 29.3 Å². The lowest BCUT2D eigenvalue weighted by Gasteiger charge is -2.40. The molecule has 0 radical (unpaired) electrons. The molecule has 0 aromatic carbocycles. The van der Waals surface area contributed by atoms with Gasteiger partial charge in [0, 0.05) is 43.6 Å². The summed E-state index contributed by atoms with van der Waals surface area (Å²) in [5, 5.41) is 1.57. The normalized spacial score (nSPS) is 19.9. The fraction of sp³-hybridized carbons (Fsp3) is 0.880. The number of hydrogen-bond acceptors (Lipinski definition) is 7. The van der Waals surface area contributed by atoms with Gasteiger partial charge in [-0.05, 0) is 61.7 Å². The van der Waals surface area contributed by atoms with Gasteiger partial charge in [-0.15, -0.1) is 23.5 Å². The van der Waals surface area contributed by atoms with Crippen molar-refractivity contribution in [1.29, 1.82) is 0 Å². The lowest BCUT2D eigenvalue weighted by atomic mass is 10.0. The molecule has 1 atom stereocenters. The summed E-state index contributed by atoms with van der Waals surface area (Å²) in [5.41, 5.74) is 0. The highest BCUT2D eigenvalue weighted by Gasteiger charge is 2.41. The van der Waals surface area contributed by atoms with Gasteiger partial charge in [0.05, 0.1) is 0 Å². The molecular weight excluding hydrogens is 503 g/mol. The molecule has 1 unspecified atom stereocenters. The molecule has 0 aromatic rings. The van der Waals surface area contributed by atoms with Gasteiger partial charge in [0.2, 0.25) is 5.91 Å². The molecule has 1 fully saturated rings. The molecule has 9 heteroatoms. The van der Waals surface area contributed by atoms with Crippen LogP contribution >= 0.6 is 35.3 Å². The first kappa shape index (κ1) is 25.7. The second kappa shape index (κ2) is 15.3. The van der Waals surface area contributed by atoms with Crippen LogP contribution in [0, 0.1) is 0 Å². The van der Waals surface area contributed by atoms with Crippen LogP contribution in [0.5, 0.6) is 0 Å². The molecule has 1 N–H and O–H groups in total. The zero-order valence-electron chi connectivity index (χ0n) is 26.0. The summed E-state index contributed by atoms with van der Waals surface area (Å²) in [7, 11) is -1.97. The summed E-state index contributed by atoms with van der Waals surface area (Å²) in [6.45, 7) is 14.7. The SMILES string of the molecule is [2H]C([2H])(C(=O)SCCNC(C)=O)C([2H])([2H])C(=O)C1(CCCC(CCC)O[Si](C)(C)C(C)(C)C)SCCCS1. The highest BCUT2D eigenvalue weighted by molar-refractivity contribution is 8.19. The summed E-state index contributed by atoms with van der Waals surface area (Å²) >= 11 is 3.38. The van der Waals surface area contributed by atoms with E-state index in [1.165, 1.54) is 30.4 Å². The largest absolute Gasteiger partial charge is 0.414 e. The Kier molecular flexibility index (Phi) is 11.6. The Morgan fingerprint density at radius 1 is 1.18 bits per heavy atom. The molecule has 1 saturated heterocycles. The number of ketones is 1. The van der Waals surface area contributed by atoms with Crippen molar-refractivity contribution in [3.63, 3.8) is 0 Å². The van der Waals surface area contributed by atoms with Gasteiger partial charge < -0.3 is 9.74 Å². The Labute approximate surface area is 227 Å². The molecule has 1 aliphatic rings. The van der Waals surface area contributed by atoms with E-state index >= 15 is 0 Å². The molecule has 198 valence electrons. The lowest BCUT2D eigenvalue weighted by molar-refractivity contribution is -0.121. The minimum Gasteiger partial charge on any atom is -0.414 e. The molecule has 0 spiro atoms. The first-order valence-electron chi connectivity index (χ1n) is 14.3. The monoisotopic (exact) mass is 553 g/mol.